The van der Waals surface area contributed by atoms with Crippen molar-refractivity contribution >= 4 is 11.5 Å². The molecule has 4 heteroatoms. The van der Waals surface area contributed by atoms with E-state index in [4.69, 9.17) is 10.5 Å². The van der Waals surface area contributed by atoms with E-state index in [9.17, 15) is 0 Å². The zero-order valence-electron chi connectivity index (χ0n) is 12.3. The molecule has 3 rings (SSSR count). The SMILES string of the molecule is CCC1CCCN(c2ccc(N)c(OCC3CC3)n2)C1. The van der Waals surface area contributed by atoms with Gasteiger partial charge in [0.25, 0.3) is 0 Å². The maximum Gasteiger partial charge on any atom is 0.239 e. The van der Waals surface area contributed by atoms with E-state index in [1.165, 1.54) is 32.1 Å². The van der Waals surface area contributed by atoms with Gasteiger partial charge in [-0.05, 0) is 49.7 Å². The number of hydrogen-bond donors (Lipinski definition) is 1. The molecule has 1 aromatic rings. The molecule has 0 bridgehead atoms. The predicted octanol–water partition coefficient (Wildman–Crippen LogP) is 3.08. The Hall–Kier alpha value is -1.45. The van der Waals surface area contributed by atoms with E-state index in [0.717, 1.165) is 37.4 Å². The van der Waals surface area contributed by atoms with Crippen molar-refractivity contribution < 1.29 is 4.74 Å². The molecular formula is C16H25N3O. The Labute approximate surface area is 121 Å². The molecule has 0 aromatic carbocycles. The summed E-state index contributed by atoms with van der Waals surface area (Å²) in [6, 6.07) is 3.96. The molecule has 0 amide bonds. The van der Waals surface area contributed by atoms with Crippen LogP contribution >= 0.6 is 0 Å². The summed E-state index contributed by atoms with van der Waals surface area (Å²) in [6.45, 7) is 5.23. The Kier molecular flexibility index (Phi) is 3.99. The van der Waals surface area contributed by atoms with Gasteiger partial charge in [0.2, 0.25) is 5.88 Å². The molecule has 2 aliphatic rings. The Morgan fingerprint density at radius 1 is 1.30 bits per heavy atom. The molecule has 4 nitrogen and oxygen atoms in total. The quantitative estimate of drug-likeness (QED) is 0.897. The lowest BCUT2D eigenvalue weighted by Gasteiger charge is -2.33. The van der Waals surface area contributed by atoms with Crippen LogP contribution in [0.4, 0.5) is 11.5 Å². The molecule has 110 valence electrons. The first-order valence-corrected chi connectivity index (χ1v) is 7.90. The van der Waals surface area contributed by atoms with Gasteiger partial charge < -0.3 is 15.4 Å². The van der Waals surface area contributed by atoms with Gasteiger partial charge in [-0.3, -0.25) is 0 Å². The molecular weight excluding hydrogens is 250 g/mol. The average molecular weight is 275 g/mol. The highest BCUT2D eigenvalue weighted by Crippen LogP contribution is 2.32. The van der Waals surface area contributed by atoms with Gasteiger partial charge in [0.15, 0.2) is 0 Å². The standard InChI is InChI=1S/C16H25N3O/c1-2-12-4-3-9-19(10-12)15-8-7-14(17)16(18-15)20-11-13-5-6-13/h7-8,12-13H,2-6,9-11,17H2,1H3. The molecule has 2 heterocycles. The zero-order chi connectivity index (χ0) is 13.9. The van der Waals surface area contributed by atoms with E-state index in [2.05, 4.69) is 16.8 Å². The Morgan fingerprint density at radius 3 is 2.90 bits per heavy atom. The minimum absolute atomic E-state index is 0.619. The van der Waals surface area contributed by atoms with Crippen molar-refractivity contribution in [2.75, 3.05) is 30.3 Å². The molecule has 1 saturated carbocycles. The normalized spacial score (nSPS) is 22.9. The van der Waals surface area contributed by atoms with Crippen molar-refractivity contribution in [1.82, 2.24) is 4.98 Å². The lowest BCUT2D eigenvalue weighted by atomic mass is 9.96. The molecule has 0 radical (unpaired) electrons. The molecule has 1 atom stereocenters. The zero-order valence-corrected chi connectivity index (χ0v) is 12.3. The van der Waals surface area contributed by atoms with Crippen molar-refractivity contribution in [2.24, 2.45) is 11.8 Å². The van der Waals surface area contributed by atoms with Gasteiger partial charge in [-0.25, -0.2) is 0 Å². The summed E-state index contributed by atoms with van der Waals surface area (Å²) in [4.78, 5) is 7.02. The molecule has 20 heavy (non-hydrogen) atoms. The van der Waals surface area contributed by atoms with Crippen LogP contribution in [0, 0.1) is 11.8 Å². The van der Waals surface area contributed by atoms with Crippen LogP contribution in [0.3, 0.4) is 0 Å². The van der Waals surface area contributed by atoms with Crippen LogP contribution in [0.2, 0.25) is 0 Å². The van der Waals surface area contributed by atoms with Gasteiger partial charge in [-0.1, -0.05) is 13.3 Å². The monoisotopic (exact) mass is 275 g/mol. The number of nitrogen functional groups attached to an aromatic ring is 1. The van der Waals surface area contributed by atoms with E-state index in [1.54, 1.807) is 0 Å². The van der Waals surface area contributed by atoms with E-state index < -0.39 is 0 Å². The number of piperidine rings is 1. The summed E-state index contributed by atoms with van der Waals surface area (Å²) < 4.78 is 5.78. The number of ether oxygens (including phenoxy) is 1. The van der Waals surface area contributed by atoms with E-state index >= 15 is 0 Å². The summed E-state index contributed by atoms with van der Waals surface area (Å²) in [6.07, 6.45) is 6.40. The maximum atomic E-state index is 5.97. The highest BCUT2D eigenvalue weighted by molar-refractivity contribution is 5.54. The molecule has 2 fully saturated rings. The second-order valence-electron chi connectivity index (χ2n) is 6.18. The molecule has 1 saturated heterocycles. The van der Waals surface area contributed by atoms with Crippen molar-refractivity contribution in [3.05, 3.63) is 12.1 Å². The molecule has 2 N–H and O–H groups in total. The first-order chi connectivity index (χ1) is 9.76. The highest BCUT2D eigenvalue weighted by Gasteiger charge is 2.23. The number of nitrogens with zero attached hydrogens (tertiary/aromatic N) is 2. The number of hydrogen-bond acceptors (Lipinski definition) is 4. The van der Waals surface area contributed by atoms with Crippen LogP contribution in [-0.2, 0) is 0 Å². The lowest BCUT2D eigenvalue weighted by Crippen LogP contribution is -2.35. The minimum atomic E-state index is 0.619. The lowest BCUT2D eigenvalue weighted by molar-refractivity contribution is 0.290. The summed E-state index contributed by atoms with van der Waals surface area (Å²) in [5.41, 5.74) is 6.62. The largest absolute Gasteiger partial charge is 0.476 e. The van der Waals surface area contributed by atoms with Gasteiger partial charge in [0.1, 0.15) is 5.82 Å². The first kappa shape index (κ1) is 13.5. The van der Waals surface area contributed by atoms with Crippen LogP contribution in [0.5, 0.6) is 5.88 Å². The molecule has 0 spiro atoms. The van der Waals surface area contributed by atoms with E-state index in [-0.39, 0.29) is 0 Å². The Balaban J connectivity index is 1.70. The fourth-order valence-corrected chi connectivity index (χ4v) is 2.82. The van der Waals surface area contributed by atoms with E-state index in [0.29, 0.717) is 11.6 Å². The van der Waals surface area contributed by atoms with Gasteiger partial charge in [-0.15, -0.1) is 0 Å². The van der Waals surface area contributed by atoms with Gasteiger partial charge in [-0.2, -0.15) is 4.98 Å². The number of pyridine rings is 1. The number of anilines is 2. The molecule has 1 unspecified atom stereocenters. The average Bonchev–Trinajstić information content (AvgIpc) is 3.31. The third-order valence-electron chi connectivity index (χ3n) is 4.45. The van der Waals surface area contributed by atoms with Crippen LogP contribution in [0.1, 0.15) is 39.0 Å². The van der Waals surface area contributed by atoms with Crippen molar-refractivity contribution in [3.63, 3.8) is 0 Å². The summed E-state index contributed by atoms with van der Waals surface area (Å²) in [7, 11) is 0. The number of rotatable bonds is 5. The minimum Gasteiger partial charge on any atom is -0.476 e. The third-order valence-corrected chi connectivity index (χ3v) is 4.45. The predicted molar refractivity (Wildman–Crippen MR) is 82.1 cm³/mol. The second-order valence-corrected chi connectivity index (χ2v) is 6.18. The molecule has 1 aromatic heterocycles. The topological polar surface area (TPSA) is 51.4 Å². The second kappa shape index (κ2) is 5.90. The highest BCUT2D eigenvalue weighted by atomic mass is 16.5. The van der Waals surface area contributed by atoms with Crippen LogP contribution < -0.4 is 15.4 Å². The Morgan fingerprint density at radius 2 is 2.15 bits per heavy atom. The third kappa shape index (κ3) is 3.17. The van der Waals surface area contributed by atoms with Gasteiger partial charge >= 0.3 is 0 Å². The first-order valence-electron chi connectivity index (χ1n) is 7.90. The van der Waals surface area contributed by atoms with Crippen molar-refractivity contribution in [3.8, 4) is 5.88 Å². The van der Waals surface area contributed by atoms with Crippen LogP contribution in [0.15, 0.2) is 12.1 Å². The van der Waals surface area contributed by atoms with Crippen molar-refractivity contribution in [1.29, 1.82) is 0 Å². The summed E-state index contributed by atoms with van der Waals surface area (Å²) in [5.74, 6) is 3.15. The van der Waals surface area contributed by atoms with Crippen LogP contribution in [-0.4, -0.2) is 24.7 Å². The van der Waals surface area contributed by atoms with Gasteiger partial charge in [0.05, 0.1) is 12.3 Å². The van der Waals surface area contributed by atoms with Gasteiger partial charge in [0, 0.05) is 13.1 Å². The molecule has 1 aliphatic carbocycles. The maximum absolute atomic E-state index is 5.97. The number of aromatic nitrogens is 1. The van der Waals surface area contributed by atoms with Crippen LogP contribution in [0.25, 0.3) is 0 Å². The van der Waals surface area contributed by atoms with E-state index in [1.807, 2.05) is 12.1 Å². The number of nitrogens with two attached hydrogens (primary N) is 1. The molecule has 1 aliphatic heterocycles. The summed E-state index contributed by atoms with van der Waals surface area (Å²) >= 11 is 0. The fraction of sp³-hybridized carbons (Fsp3) is 0.688. The smallest absolute Gasteiger partial charge is 0.239 e. The fourth-order valence-electron chi connectivity index (χ4n) is 2.82. The Bertz CT molecular complexity index is 459. The summed E-state index contributed by atoms with van der Waals surface area (Å²) in [5, 5.41) is 0. The van der Waals surface area contributed by atoms with Crippen molar-refractivity contribution in [2.45, 2.75) is 39.0 Å².